The second-order valence-electron chi connectivity index (χ2n) is 3.97. The highest BCUT2D eigenvalue weighted by Crippen LogP contribution is 2.31. The molecule has 0 saturated carbocycles. The Morgan fingerprint density at radius 2 is 2.16 bits per heavy atom. The zero-order valence-electron chi connectivity index (χ0n) is 10.1. The van der Waals surface area contributed by atoms with Gasteiger partial charge in [-0.2, -0.15) is 0 Å². The van der Waals surface area contributed by atoms with Crippen LogP contribution in [0.15, 0.2) is 18.2 Å². The van der Waals surface area contributed by atoms with Gasteiger partial charge in [0.05, 0.1) is 16.6 Å². The maximum atomic E-state index is 11.1. The molecule has 0 radical (unpaired) electrons. The number of nitrogens with one attached hydrogen (secondary N) is 1. The maximum Gasteiger partial charge on any atom is 0.314 e. The predicted molar refractivity (Wildman–Crippen MR) is 71.8 cm³/mol. The van der Waals surface area contributed by atoms with Crippen molar-refractivity contribution >= 4 is 39.2 Å². The molecular weight excluding hydrogens is 268 g/mol. The Hall–Kier alpha value is -2.15. The third-order valence-electron chi connectivity index (χ3n) is 2.67. The molecule has 0 amide bonds. The van der Waals surface area contributed by atoms with E-state index in [-0.39, 0.29) is 0 Å². The normalized spacial score (nSPS) is 12.3. The van der Waals surface area contributed by atoms with Gasteiger partial charge in [-0.3, -0.25) is 9.59 Å². The van der Waals surface area contributed by atoms with Gasteiger partial charge in [-0.05, 0) is 18.2 Å². The molecule has 1 aromatic heterocycles. The minimum Gasteiger partial charge on any atom is -0.481 e. The first-order valence-electron chi connectivity index (χ1n) is 5.54. The van der Waals surface area contributed by atoms with Crippen molar-refractivity contribution in [1.82, 2.24) is 4.98 Å². The number of carboxylic acids is 2. The lowest BCUT2D eigenvalue weighted by atomic mass is 10.1. The predicted octanol–water partition coefficient (Wildman–Crippen LogP) is 1.98. The summed E-state index contributed by atoms with van der Waals surface area (Å²) in [7, 11) is 1.79. The van der Waals surface area contributed by atoms with E-state index in [0.717, 1.165) is 10.4 Å². The molecule has 0 aliphatic heterocycles. The molecule has 2 rings (SSSR count). The van der Waals surface area contributed by atoms with Crippen molar-refractivity contribution in [1.29, 1.82) is 0 Å². The van der Waals surface area contributed by atoms with Crippen molar-refractivity contribution in [2.24, 2.45) is 0 Å². The van der Waals surface area contributed by atoms with Crippen LogP contribution in [0.3, 0.4) is 0 Å². The van der Waals surface area contributed by atoms with E-state index in [4.69, 9.17) is 10.2 Å². The van der Waals surface area contributed by atoms with E-state index in [1.165, 1.54) is 11.3 Å². The lowest BCUT2D eigenvalue weighted by molar-refractivity contribution is -0.145. The molecule has 0 fully saturated rings. The summed E-state index contributed by atoms with van der Waals surface area (Å²) in [6.07, 6.45) is -0.464. The number of aromatic nitrogens is 1. The first-order chi connectivity index (χ1) is 9.01. The van der Waals surface area contributed by atoms with E-state index in [9.17, 15) is 9.59 Å². The van der Waals surface area contributed by atoms with Crippen molar-refractivity contribution < 1.29 is 19.8 Å². The van der Waals surface area contributed by atoms with Gasteiger partial charge in [0.25, 0.3) is 0 Å². The van der Waals surface area contributed by atoms with Gasteiger partial charge in [-0.1, -0.05) is 0 Å². The second kappa shape index (κ2) is 5.23. The monoisotopic (exact) mass is 280 g/mol. The second-order valence-corrected chi connectivity index (χ2v) is 5.04. The minimum atomic E-state index is -1.17. The van der Waals surface area contributed by atoms with Crippen molar-refractivity contribution in [3.63, 3.8) is 0 Å². The zero-order chi connectivity index (χ0) is 14.0. The summed E-state index contributed by atoms with van der Waals surface area (Å²) in [5.74, 6) is -3.43. The van der Waals surface area contributed by atoms with Gasteiger partial charge in [-0.15, -0.1) is 11.3 Å². The molecule has 1 heterocycles. The Kier molecular flexibility index (Phi) is 3.66. The van der Waals surface area contributed by atoms with Crippen molar-refractivity contribution in [2.75, 3.05) is 12.4 Å². The molecule has 100 valence electrons. The third kappa shape index (κ3) is 2.82. The highest BCUT2D eigenvalue weighted by atomic mass is 32.1. The van der Waals surface area contributed by atoms with E-state index >= 15 is 0 Å². The lowest BCUT2D eigenvalue weighted by Gasteiger charge is -2.04. The van der Waals surface area contributed by atoms with Crippen molar-refractivity contribution in [3.8, 4) is 0 Å². The van der Waals surface area contributed by atoms with Gasteiger partial charge >= 0.3 is 11.9 Å². The van der Waals surface area contributed by atoms with Crippen LogP contribution in [0.1, 0.15) is 17.3 Å². The van der Waals surface area contributed by atoms with Crippen LogP contribution < -0.4 is 5.32 Å². The Morgan fingerprint density at radius 1 is 1.42 bits per heavy atom. The van der Waals surface area contributed by atoms with Gasteiger partial charge in [0.2, 0.25) is 0 Å². The molecule has 1 unspecified atom stereocenters. The first kappa shape index (κ1) is 13.3. The van der Waals surface area contributed by atoms with Gasteiger partial charge in [-0.25, -0.2) is 4.98 Å². The lowest BCUT2D eigenvalue weighted by Crippen LogP contribution is -2.15. The number of anilines is 1. The molecule has 0 bridgehead atoms. The third-order valence-corrected chi connectivity index (χ3v) is 3.80. The van der Waals surface area contributed by atoms with Crippen LogP contribution in [0.4, 0.5) is 5.69 Å². The van der Waals surface area contributed by atoms with Gasteiger partial charge in [0, 0.05) is 12.7 Å². The number of carboxylic acid groups (broad SMARTS) is 2. The van der Waals surface area contributed by atoms with Crippen LogP contribution >= 0.6 is 11.3 Å². The van der Waals surface area contributed by atoms with E-state index in [2.05, 4.69) is 10.3 Å². The van der Waals surface area contributed by atoms with Gasteiger partial charge in [0.1, 0.15) is 10.9 Å². The van der Waals surface area contributed by atoms with Crippen molar-refractivity contribution in [3.05, 3.63) is 23.2 Å². The molecule has 6 nitrogen and oxygen atoms in total. The summed E-state index contributed by atoms with van der Waals surface area (Å²) < 4.78 is 0.832. The van der Waals surface area contributed by atoms with Crippen LogP contribution in [-0.4, -0.2) is 34.2 Å². The Morgan fingerprint density at radius 3 is 2.74 bits per heavy atom. The molecule has 19 heavy (non-hydrogen) atoms. The SMILES string of the molecule is CNc1ccc2nc(C(CC(=O)O)C(=O)O)sc2c1. The number of thiazole rings is 1. The molecule has 0 aliphatic rings. The molecular formula is C12H12N2O4S. The van der Waals surface area contributed by atoms with Gasteiger partial charge in [0.15, 0.2) is 0 Å². The fourth-order valence-electron chi connectivity index (χ4n) is 1.70. The molecule has 0 saturated heterocycles. The fraction of sp³-hybridized carbons (Fsp3) is 0.250. The summed E-state index contributed by atoms with van der Waals surface area (Å²) in [5.41, 5.74) is 1.57. The molecule has 0 spiro atoms. The topological polar surface area (TPSA) is 99.5 Å². The van der Waals surface area contributed by atoms with Crippen LogP contribution in [-0.2, 0) is 9.59 Å². The Balaban J connectivity index is 2.42. The van der Waals surface area contributed by atoms with E-state index < -0.39 is 24.3 Å². The number of nitrogens with zero attached hydrogens (tertiary/aromatic N) is 1. The van der Waals surface area contributed by atoms with Crippen LogP contribution in [0.5, 0.6) is 0 Å². The molecule has 0 aliphatic carbocycles. The van der Waals surface area contributed by atoms with Crippen LogP contribution in [0, 0.1) is 0 Å². The molecule has 7 heteroatoms. The molecule has 2 aromatic rings. The highest BCUT2D eigenvalue weighted by molar-refractivity contribution is 7.18. The maximum absolute atomic E-state index is 11.1. The standard InChI is InChI=1S/C12H12N2O4S/c1-13-6-2-3-8-9(4-6)19-11(14-8)7(12(17)18)5-10(15)16/h2-4,7,13H,5H2,1H3,(H,15,16)(H,17,18). The largest absolute Gasteiger partial charge is 0.481 e. The quantitative estimate of drug-likeness (QED) is 0.774. The minimum absolute atomic E-state index is 0.318. The summed E-state index contributed by atoms with van der Waals surface area (Å²) in [5, 5.41) is 21.1. The van der Waals surface area contributed by atoms with E-state index in [1.807, 2.05) is 12.1 Å². The van der Waals surface area contributed by atoms with Crippen molar-refractivity contribution in [2.45, 2.75) is 12.3 Å². The van der Waals surface area contributed by atoms with Gasteiger partial charge < -0.3 is 15.5 Å². The first-order valence-corrected chi connectivity index (χ1v) is 6.35. The molecule has 3 N–H and O–H groups in total. The number of carbonyl (C=O) groups is 2. The summed E-state index contributed by atoms with van der Waals surface area (Å²) >= 11 is 1.21. The average molecular weight is 280 g/mol. The van der Waals surface area contributed by atoms with E-state index in [1.54, 1.807) is 13.1 Å². The number of hydrogen-bond acceptors (Lipinski definition) is 5. The summed E-state index contributed by atoms with van der Waals surface area (Å²) in [6.45, 7) is 0. The Bertz CT molecular complexity index is 638. The molecule has 1 aromatic carbocycles. The number of benzene rings is 1. The fourth-order valence-corrected chi connectivity index (χ4v) is 2.80. The molecule has 1 atom stereocenters. The Labute approximate surface area is 112 Å². The highest BCUT2D eigenvalue weighted by Gasteiger charge is 2.26. The van der Waals surface area contributed by atoms with E-state index in [0.29, 0.717) is 10.5 Å². The van der Waals surface area contributed by atoms with Crippen LogP contribution in [0.2, 0.25) is 0 Å². The number of hydrogen-bond donors (Lipinski definition) is 3. The summed E-state index contributed by atoms with van der Waals surface area (Å²) in [4.78, 5) is 26.0. The smallest absolute Gasteiger partial charge is 0.314 e. The summed E-state index contributed by atoms with van der Waals surface area (Å²) in [6, 6.07) is 5.47. The zero-order valence-corrected chi connectivity index (χ0v) is 10.9. The number of aliphatic carboxylic acids is 2. The number of rotatable bonds is 5. The average Bonchev–Trinajstić information content (AvgIpc) is 2.77. The number of fused-ring (bicyclic) bond motifs is 1. The van der Waals surface area contributed by atoms with Crippen LogP contribution in [0.25, 0.3) is 10.2 Å².